The van der Waals surface area contributed by atoms with Crippen LogP contribution >= 0.6 is 11.6 Å². The minimum Gasteiger partial charge on any atom is -0.493 e. The van der Waals surface area contributed by atoms with Gasteiger partial charge in [0.15, 0.2) is 11.5 Å². The summed E-state index contributed by atoms with van der Waals surface area (Å²) < 4.78 is 10.3. The van der Waals surface area contributed by atoms with Crippen molar-refractivity contribution < 1.29 is 19.1 Å². The monoisotopic (exact) mass is 362 g/mol. The van der Waals surface area contributed by atoms with E-state index in [4.69, 9.17) is 21.1 Å². The van der Waals surface area contributed by atoms with Gasteiger partial charge in [-0.15, -0.1) is 0 Å². The zero-order chi connectivity index (χ0) is 18.2. The van der Waals surface area contributed by atoms with E-state index >= 15 is 0 Å². The van der Waals surface area contributed by atoms with E-state index in [2.05, 4.69) is 10.6 Å². The second-order valence-corrected chi connectivity index (χ2v) is 5.52. The molecule has 0 unspecified atom stereocenters. The van der Waals surface area contributed by atoms with Gasteiger partial charge in [-0.1, -0.05) is 11.6 Å². The number of ether oxygens (including phenoxy) is 2. The highest BCUT2D eigenvalue weighted by molar-refractivity contribution is 6.30. The van der Waals surface area contributed by atoms with Crippen LogP contribution in [0.4, 0.5) is 0 Å². The Balaban J connectivity index is 1.82. The molecular formula is C18H19ClN2O4. The Kier molecular flexibility index (Phi) is 6.65. The number of hydrogen-bond donors (Lipinski definition) is 2. The van der Waals surface area contributed by atoms with E-state index in [9.17, 15) is 9.59 Å². The second-order valence-electron chi connectivity index (χ2n) is 5.09. The summed E-state index contributed by atoms with van der Waals surface area (Å²) in [5.74, 6) is 0.541. The Hall–Kier alpha value is -2.73. The molecule has 0 saturated heterocycles. The molecule has 2 aromatic rings. The number of carbonyl (C=O) groups excluding carboxylic acids is 2. The van der Waals surface area contributed by atoms with Crippen molar-refractivity contribution in [1.29, 1.82) is 0 Å². The van der Waals surface area contributed by atoms with Crippen molar-refractivity contribution in [3.63, 3.8) is 0 Å². The quantitative estimate of drug-likeness (QED) is 0.742. The molecule has 2 N–H and O–H groups in total. The van der Waals surface area contributed by atoms with Crippen molar-refractivity contribution in [1.82, 2.24) is 10.6 Å². The maximum absolute atomic E-state index is 12.1. The molecule has 0 radical (unpaired) electrons. The van der Waals surface area contributed by atoms with Gasteiger partial charge in [-0.05, 0) is 42.5 Å². The molecule has 132 valence electrons. The smallest absolute Gasteiger partial charge is 0.251 e. The summed E-state index contributed by atoms with van der Waals surface area (Å²) in [4.78, 5) is 24.1. The first-order chi connectivity index (χ1) is 12.0. The van der Waals surface area contributed by atoms with Crippen LogP contribution in [0.2, 0.25) is 5.02 Å². The number of benzene rings is 2. The molecular weight excluding hydrogens is 344 g/mol. The van der Waals surface area contributed by atoms with Crippen LogP contribution < -0.4 is 20.1 Å². The molecule has 0 saturated carbocycles. The zero-order valence-electron chi connectivity index (χ0n) is 14.0. The van der Waals surface area contributed by atoms with E-state index in [0.717, 1.165) is 0 Å². The van der Waals surface area contributed by atoms with Gasteiger partial charge in [-0.3, -0.25) is 9.59 Å². The third kappa shape index (κ3) is 5.12. The SMILES string of the molecule is COc1ccc(C(=O)NCCNC(=O)c2ccc(Cl)cc2)cc1OC. The van der Waals surface area contributed by atoms with Crippen molar-refractivity contribution in [2.45, 2.75) is 0 Å². The summed E-state index contributed by atoms with van der Waals surface area (Å²) in [5.41, 5.74) is 0.956. The van der Waals surface area contributed by atoms with E-state index in [1.165, 1.54) is 14.2 Å². The zero-order valence-corrected chi connectivity index (χ0v) is 14.7. The van der Waals surface area contributed by atoms with Crippen molar-refractivity contribution >= 4 is 23.4 Å². The van der Waals surface area contributed by atoms with Gasteiger partial charge in [0.05, 0.1) is 14.2 Å². The lowest BCUT2D eigenvalue weighted by Crippen LogP contribution is -2.34. The van der Waals surface area contributed by atoms with Crippen LogP contribution in [-0.2, 0) is 0 Å². The van der Waals surface area contributed by atoms with Gasteiger partial charge in [0.2, 0.25) is 0 Å². The number of hydrogen-bond acceptors (Lipinski definition) is 4. The summed E-state index contributed by atoms with van der Waals surface area (Å²) in [6.45, 7) is 0.604. The molecule has 0 aliphatic rings. The van der Waals surface area contributed by atoms with Gasteiger partial charge in [0.1, 0.15) is 0 Å². The first-order valence-corrected chi connectivity index (χ1v) is 7.97. The fourth-order valence-electron chi connectivity index (χ4n) is 2.13. The number of methoxy groups -OCH3 is 2. The molecule has 6 nitrogen and oxygen atoms in total. The highest BCUT2D eigenvalue weighted by Crippen LogP contribution is 2.27. The maximum Gasteiger partial charge on any atom is 0.251 e. The first kappa shape index (κ1) is 18.6. The average molecular weight is 363 g/mol. The van der Waals surface area contributed by atoms with Crippen molar-refractivity contribution in [3.05, 3.63) is 58.6 Å². The number of carbonyl (C=O) groups is 2. The number of halogens is 1. The Bertz CT molecular complexity index is 747. The molecule has 0 fully saturated rings. The predicted octanol–water partition coefficient (Wildman–Crippen LogP) is 2.52. The molecule has 0 aliphatic heterocycles. The van der Waals surface area contributed by atoms with E-state index < -0.39 is 0 Å². The number of nitrogens with one attached hydrogen (secondary N) is 2. The van der Waals surface area contributed by atoms with Crippen LogP contribution in [0.25, 0.3) is 0 Å². The molecule has 0 heterocycles. The Morgan fingerprint density at radius 1 is 0.840 bits per heavy atom. The van der Waals surface area contributed by atoms with E-state index in [1.807, 2.05) is 0 Å². The van der Waals surface area contributed by atoms with Crippen LogP contribution in [0, 0.1) is 0 Å². The van der Waals surface area contributed by atoms with Crippen molar-refractivity contribution in [2.24, 2.45) is 0 Å². The first-order valence-electron chi connectivity index (χ1n) is 7.59. The number of rotatable bonds is 7. The molecule has 2 amide bonds. The largest absolute Gasteiger partial charge is 0.493 e. The average Bonchev–Trinajstić information content (AvgIpc) is 2.64. The molecule has 2 rings (SSSR count). The highest BCUT2D eigenvalue weighted by Gasteiger charge is 2.10. The maximum atomic E-state index is 12.1. The van der Waals surface area contributed by atoms with E-state index in [-0.39, 0.29) is 11.8 Å². The van der Waals surface area contributed by atoms with Crippen molar-refractivity contribution in [3.8, 4) is 11.5 Å². The van der Waals surface area contributed by atoms with Gasteiger partial charge >= 0.3 is 0 Å². The van der Waals surface area contributed by atoms with E-state index in [1.54, 1.807) is 42.5 Å². The minimum atomic E-state index is -0.262. The van der Waals surface area contributed by atoms with Gasteiger partial charge in [-0.25, -0.2) is 0 Å². The van der Waals surface area contributed by atoms with Crippen LogP contribution in [0.5, 0.6) is 11.5 Å². The number of amides is 2. The summed E-state index contributed by atoms with van der Waals surface area (Å²) in [5, 5.41) is 6.03. The second kappa shape index (κ2) is 8.94. The Labute approximate surface area is 151 Å². The lowest BCUT2D eigenvalue weighted by Gasteiger charge is -2.10. The minimum absolute atomic E-state index is 0.225. The lowest BCUT2D eigenvalue weighted by atomic mass is 10.2. The molecule has 2 aromatic carbocycles. The van der Waals surface area contributed by atoms with Crippen LogP contribution in [-0.4, -0.2) is 39.1 Å². The van der Waals surface area contributed by atoms with Gasteiger partial charge in [0.25, 0.3) is 11.8 Å². The topological polar surface area (TPSA) is 76.7 Å². The molecule has 25 heavy (non-hydrogen) atoms. The summed E-state index contributed by atoms with van der Waals surface area (Å²) >= 11 is 5.78. The third-order valence-corrected chi connectivity index (χ3v) is 3.70. The molecule has 7 heteroatoms. The fraction of sp³-hybridized carbons (Fsp3) is 0.222. The third-order valence-electron chi connectivity index (χ3n) is 3.45. The summed E-state index contributed by atoms with van der Waals surface area (Å²) in [7, 11) is 3.03. The van der Waals surface area contributed by atoms with Gasteiger partial charge < -0.3 is 20.1 Å². The van der Waals surface area contributed by atoms with Gasteiger partial charge in [0, 0.05) is 29.2 Å². The lowest BCUT2D eigenvalue weighted by molar-refractivity contribution is 0.0927. The molecule has 0 atom stereocenters. The van der Waals surface area contributed by atoms with Crippen molar-refractivity contribution in [2.75, 3.05) is 27.3 Å². The summed E-state index contributed by atoms with van der Waals surface area (Å²) in [6, 6.07) is 11.5. The normalized spacial score (nSPS) is 10.0. The Morgan fingerprint density at radius 2 is 1.36 bits per heavy atom. The van der Waals surface area contributed by atoms with E-state index in [0.29, 0.717) is 40.7 Å². The molecule has 0 aromatic heterocycles. The predicted molar refractivity (Wildman–Crippen MR) is 95.7 cm³/mol. The molecule has 0 spiro atoms. The fourth-order valence-corrected chi connectivity index (χ4v) is 2.26. The standard InChI is InChI=1S/C18H19ClN2O4/c1-24-15-8-5-13(11-16(15)25-2)18(23)21-10-9-20-17(22)12-3-6-14(19)7-4-12/h3-8,11H,9-10H2,1-2H3,(H,20,22)(H,21,23). The van der Waals surface area contributed by atoms with Gasteiger partial charge in [-0.2, -0.15) is 0 Å². The van der Waals surface area contributed by atoms with Crippen LogP contribution in [0.1, 0.15) is 20.7 Å². The highest BCUT2D eigenvalue weighted by atomic mass is 35.5. The van der Waals surface area contributed by atoms with Crippen LogP contribution in [0.3, 0.4) is 0 Å². The molecule has 0 bridgehead atoms. The summed E-state index contributed by atoms with van der Waals surface area (Å²) in [6.07, 6.45) is 0. The Morgan fingerprint density at radius 3 is 1.92 bits per heavy atom. The molecule has 0 aliphatic carbocycles. The van der Waals surface area contributed by atoms with Crippen LogP contribution in [0.15, 0.2) is 42.5 Å².